The summed E-state index contributed by atoms with van der Waals surface area (Å²) in [5.41, 5.74) is 2.05. The van der Waals surface area contributed by atoms with Crippen molar-refractivity contribution < 1.29 is 4.79 Å². The van der Waals surface area contributed by atoms with E-state index in [4.69, 9.17) is 0 Å². The number of carbonyl (C=O) groups is 1. The molecule has 6 heteroatoms. The Kier molecular flexibility index (Phi) is 3.15. The molecule has 0 spiro atoms. The van der Waals surface area contributed by atoms with E-state index in [0.717, 1.165) is 11.1 Å². The van der Waals surface area contributed by atoms with E-state index in [-0.39, 0.29) is 5.91 Å². The lowest BCUT2D eigenvalue weighted by molar-refractivity contribution is 0.102. The molecule has 1 amide bonds. The summed E-state index contributed by atoms with van der Waals surface area (Å²) in [6.07, 6.45) is 0. The van der Waals surface area contributed by atoms with Gasteiger partial charge >= 0.3 is 0 Å². The average Bonchev–Trinajstić information content (AvgIpc) is 2.81. The number of hydrogen-bond donors (Lipinski definition) is 3. The Morgan fingerprint density at radius 1 is 1.25 bits per heavy atom. The van der Waals surface area contributed by atoms with Crippen LogP contribution in [0, 0.1) is 6.92 Å². The first-order valence-corrected chi connectivity index (χ1v) is 6.51. The maximum atomic E-state index is 12.2. The van der Waals surface area contributed by atoms with Crippen molar-refractivity contribution in [2.24, 2.45) is 0 Å². The standard InChI is InChI=1S/C14H12N4OS/c1-8-6-7-10-12(15-8)17-18-13(10)16-14(19)9-4-2-3-5-11(9)20/h2-7,20H,1H3,(H2,15,16,17,18,19). The van der Waals surface area contributed by atoms with Gasteiger partial charge in [0.15, 0.2) is 11.5 Å². The normalized spacial score (nSPS) is 10.7. The highest BCUT2D eigenvalue weighted by Crippen LogP contribution is 2.21. The van der Waals surface area contributed by atoms with Crippen molar-refractivity contribution in [2.75, 3.05) is 5.32 Å². The van der Waals surface area contributed by atoms with E-state index in [9.17, 15) is 4.79 Å². The van der Waals surface area contributed by atoms with Crippen molar-refractivity contribution in [1.82, 2.24) is 15.2 Å². The van der Waals surface area contributed by atoms with Crippen molar-refractivity contribution in [3.05, 3.63) is 47.7 Å². The Morgan fingerprint density at radius 2 is 2.05 bits per heavy atom. The predicted molar refractivity (Wildman–Crippen MR) is 80.3 cm³/mol. The second-order valence-electron chi connectivity index (χ2n) is 4.39. The minimum absolute atomic E-state index is 0.246. The number of anilines is 1. The maximum Gasteiger partial charge on any atom is 0.258 e. The minimum Gasteiger partial charge on any atom is -0.304 e. The van der Waals surface area contributed by atoms with Gasteiger partial charge in [-0.3, -0.25) is 9.89 Å². The van der Waals surface area contributed by atoms with Gasteiger partial charge in [0, 0.05) is 10.6 Å². The van der Waals surface area contributed by atoms with E-state index in [2.05, 4.69) is 33.1 Å². The quantitative estimate of drug-likeness (QED) is 0.634. The summed E-state index contributed by atoms with van der Waals surface area (Å²) in [6, 6.07) is 10.9. The summed E-state index contributed by atoms with van der Waals surface area (Å²) in [6.45, 7) is 1.90. The van der Waals surface area contributed by atoms with Gasteiger partial charge < -0.3 is 5.32 Å². The van der Waals surface area contributed by atoms with Crippen LogP contribution in [0.15, 0.2) is 41.3 Å². The molecule has 0 bridgehead atoms. The molecule has 0 aliphatic carbocycles. The van der Waals surface area contributed by atoms with Gasteiger partial charge in [-0.25, -0.2) is 4.98 Å². The molecule has 0 aliphatic rings. The molecular formula is C14H12N4OS. The van der Waals surface area contributed by atoms with Crippen molar-refractivity contribution in [1.29, 1.82) is 0 Å². The fourth-order valence-electron chi connectivity index (χ4n) is 1.94. The monoisotopic (exact) mass is 284 g/mol. The third-order valence-electron chi connectivity index (χ3n) is 2.94. The van der Waals surface area contributed by atoms with Gasteiger partial charge in [0.05, 0.1) is 10.9 Å². The van der Waals surface area contributed by atoms with Crippen LogP contribution in [0.2, 0.25) is 0 Å². The largest absolute Gasteiger partial charge is 0.304 e. The van der Waals surface area contributed by atoms with Crippen LogP contribution in [0.5, 0.6) is 0 Å². The number of hydrogen-bond acceptors (Lipinski definition) is 4. The zero-order valence-electron chi connectivity index (χ0n) is 10.7. The number of aryl methyl sites for hydroxylation is 1. The van der Waals surface area contributed by atoms with Crippen LogP contribution >= 0.6 is 12.6 Å². The molecule has 0 aliphatic heterocycles. The number of fused-ring (bicyclic) bond motifs is 1. The van der Waals surface area contributed by atoms with Crippen LogP contribution in [0.3, 0.4) is 0 Å². The lowest BCUT2D eigenvalue weighted by Gasteiger charge is -2.04. The number of benzene rings is 1. The number of nitrogens with one attached hydrogen (secondary N) is 2. The zero-order chi connectivity index (χ0) is 14.1. The highest BCUT2D eigenvalue weighted by atomic mass is 32.1. The van der Waals surface area contributed by atoms with E-state index in [1.54, 1.807) is 18.2 Å². The molecule has 1 aromatic carbocycles. The highest BCUT2D eigenvalue weighted by molar-refractivity contribution is 7.80. The minimum atomic E-state index is -0.246. The van der Waals surface area contributed by atoms with Gasteiger partial charge in [-0.2, -0.15) is 5.10 Å². The molecule has 0 saturated heterocycles. The maximum absolute atomic E-state index is 12.2. The van der Waals surface area contributed by atoms with E-state index in [1.807, 2.05) is 25.1 Å². The summed E-state index contributed by atoms with van der Waals surface area (Å²) in [4.78, 5) is 17.1. The SMILES string of the molecule is Cc1ccc2c(NC(=O)c3ccccc3S)n[nH]c2n1. The lowest BCUT2D eigenvalue weighted by Crippen LogP contribution is -2.13. The van der Waals surface area contributed by atoms with Crippen LogP contribution in [0.1, 0.15) is 16.1 Å². The predicted octanol–water partition coefficient (Wildman–Crippen LogP) is 2.81. The molecule has 2 N–H and O–H groups in total. The number of aromatic amines is 1. The Labute approximate surface area is 120 Å². The molecule has 2 aromatic heterocycles. The summed E-state index contributed by atoms with van der Waals surface area (Å²) >= 11 is 4.27. The molecule has 2 heterocycles. The fourth-order valence-corrected chi connectivity index (χ4v) is 2.20. The first kappa shape index (κ1) is 12.7. The first-order valence-electron chi connectivity index (χ1n) is 6.06. The molecule has 100 valence electrons. The summed E-state index contributed by atoms with van der Waals surface area (Å²) in [5, 5.41) is 10.4. The molecule has 0 saturated carbocycles. The molecule has 3 rings (SSSR count). The number of rotatable bonds is 2. The lowest BCUT2D eigenvalue weighted by atomic mass is 10.2. The summed E-state index contributed by atoms with van der Waals surface area (Å²) < 4.78 is 0. The number of amides is 1. The number of H-pyrrole nitrogens is 1. The summed E-state index contributed by atoms with van der Waals surface area (Å²) in [5.74, 6) is 0.221. The van der Waals surface area contributed by atoms with Crippen LogP contribution in [0.25, 0.3) is 11.0 Å². The van der Waals surface area contributed by atoms with Crippen molar-refractivity contribution in [3.63, 3.8) is 0 Å². The third-order valence-corrected chi connectivity index (χ3v) is 3.33. The Bertz CT molecular complexity index is 797. The van der Waals surface area contributed by atoms with Crippen molar-refractivity contribution in [3.8, 4) is 0 Å². The number of nitrogens with zero attached hydrogens (tertiary/aromatic N) is 2. The van der Waals surface area contributed by atoms with Crippen LogP contribution in [0.4, 0.5) is 5.82 Å². The van der Waals surface area contributed by atoms with Gasteiger partial charge in [-0.1, -0.05) is 12.1 Å². The van der Waals surface area contributed by atoms with Crippen molar-refractivity contribution >= 4 is 35.4 Å². The average molecular weight is 284 g/mol. The number of thiol groups is 1. The van der Waals surface area contributed by atoms with Crippen LogP contribution < -0.4 is 5.32 Å². The molecule has 0 unspecified atom stereocenters. The second-order valence-corrected chi connectivity index (χ2v) is 4.87. The van der Waals surface area contributed by atoms with Crippen LogP contribution in [-0.2, 0) is 0 Å². The summed E-state index contributed by atoms with van der Waals surface area (Å²) in [7, 11) is 0. The number of pyridine rings is 1. The Hall–Kier alpha value is -2.34. The molecule has 20 heavy (non-hydrogen) atoms. The molecule has 3 aromatic rings. The van der Waals surface area contributed by atoms with Gasteiger partial charge in [0.25, 0.3) is 5.91 Å². The first-order chi connectivity index (χ1) is 9.65. The van der Waals surface area contributed by atoms with Gasteiger partial charge in [0.1, 0.15) is 0 Å². The molecule has 0 radical (unpaired) electrons. The van der Waals surface area contributed by atoms with Crippen LogP contribution in [-0.4, -0.2) is 21.1 Å². The third kappa shape index (κ3) is 2.25. The molecule has 5 nitrogen and oxygen atoms in total. The number of aromatic nitrogens is 3. The van der Waals surface area contributed by atoms with E-state index in [1.165, 1.54) is 0 Å². The Balaban J connectivity index is 1.94. The van der Waals surface area contributed by atoms with Crippen molar-refractivity contribution in [2.45, 2.75) is 11.8 Å². The van der Waals surface area contributed by atoms with E-state index in [0.29, 0.717) is 21.9 Å². The second kappa shape index (κ2) is 4.97. The number of carbonyl (C=O) groups excluding carboxylic acids is 1. The zero-order valence-corrected chi connectivity index (χ0v) is 11.6. The molecular weight excluding hydrogens is 272 g/mol. The van der Waals surface area contributed by atoms with Gasteiger partial charge in [-0.05, 0) is 31.2 Å². The van der Waals surface area contributed by atoms with E-state index < -0.39 is 0 Å². The smallest absolute Gasteiger partial charge is 0.258 e. The van der Waals surface area contributed by atoms with Gasteiger partial charge in [0.2, 0.25) is 0 Å². The van der Waals surface area contributed by atoms with Gasteiger partial charge in [-0.15, -0.1) is 12.6 Å². The molecule has 0 fully saturated rings. The fraction of sp³-hybridized carbons (Fsp3) is 0.0714. The Morgan fingerprint density at radius 3 is 2.85 bits per heavy atom. The molecule has 0 atom stereocenters. The topological polar surface area (TPSA) is 70.7 Å². The van der Waals surface area contributed by atoms with E-state index >= 15 is 0 Å². The highest BCUT2D eigenvalue weighted by Gasteiger charge is 2.13.